The Kier molecular flexibility index (Phi) is 7.20. The maximum Gasteiger partial charge on any atom is 0.243 e. The first-order valence-corrected chi connectivity index (χ1v) is 9.98. The number of nitrogens with one attached hydrogen (secondary N) is 2. The van der Waals surface area contributed by atoms with Gasteiger partial charge >= 0.3 is 0 Å². The van der Waals surface area contributed by atoms with Gasteiger partial charge in [0, 0.05) is 32.6 Å². The Hall–Kier alpha value is -1.44. The molecule has 1 aliphatic rings. The molecule has 0 aliphatic carbocycles. The molecule has 0 aromatic heterocycles. The Bertz CT molecular complexity index is 623. The number of nitrogens with zero attached hydrogens (tertiary/aromatic N) is 1. The van der Waals surface area contributed by atoms with Crippen molar-refractivity contribution in [3.05, 3.63) is 29.8 Å². The maximum absolute atomic E-state index is 12.6. The third kappa shape index (κ3) is 5.29. The van der Waals surface area contributed by atoms with Gasteiger partial charge in [0.1, 0.15) is 0 Å². The van der Waals surface area contributed by atoms with Crippen LogP contribution >= 0.6 is 0 Å². The zero-order valence-corrected chi connectivity index (χ0v) is 15.1. The number of hydrogen-bond acceptors (Lipinski definition) is 4. The van der Waals surface area contributed by atoms with E-state index >= 15 is 0 Å². The van der Waals surface area contributed by atoms with Crippen molar-refractivity contribution in [2.24, 2.45) is 0 Å². The van der Waals surface area contributed by atoms with E-state index in [0.29, 0.717) is 37.4 Å². The van der Waals surface area contributed by atoms with E-state index < -0.39 is 10.0 Å². The van der Waals surface area contributed by atoms with Gasteiger partial charge in [-0.05, 0) is 44.0 Å². The van der Waals surface area contributed by atoms with Crippen LogP contribution in [0, 0.1) is 0 Å². The van der Waals surface area contributed by atoms with Crippen LogP contribution in [0.2, 0.25) is 0 Å². The molecule has 2 N–H and O–H groups in total. The van der Waals surface area contributed by atoms with Gasteiger partial charge in [0.15, 0.2) is 0 Å². The molecule has 0 unspecified atom stereocenters. The summed E-state index contributed by atoms with van der Waals surface area (Å²) in [4.78, 5) is 12.0. The summed E-state index contributed by atoms with van der Waals surface area (Å²) in [6.07, 6.45) is 3.97. The normalized spacial score (nSPS) is 16.0. The zero-order valence-electron chi connectivity index (χ0n) is 14.3. The van der Waals surface area contributed by atoms with E-state index in [1.807, 2.05) is 7.05 Å². The number of carbonyl (C=O) groups excluding carboxylic acids is 1. The second kappa shape index (κ2) is 9.15. The average molecular weight is 353 g/mol. The van der Waals surface area contributed by atoms with E-state index in [-0.39, 0.29) is 5.91 Å². The lowest BCUT2D eigenvalue weighted by molar-refractivity contribution is -0.121. The number of hydrogen-bond donors (Lipinski definition) is 2. The summed E-state index contributed by atoms with van der Waals surface area (Å²) in [6, 6.07) is 6.91. The second-order valence-electron chi connectivity index (χ2n) is 6.06. The van der Waals surface area contributed by atoms with Gasteiger partial charge in [-0.25, -0.2) is 8.42 Å². The summed E-state index contributed by atoms with van der Waals surface area (Å²) in [6.45, 7) is 2.57. The molecular formula is C17H27N3O3S. The van der Waals surface area contributed by atoms with Crippen LogP contribution in [0.4, 0.5) is 0 Å². The topological polar surface area (TPSA) is 78.5 Å². The largest absolute Gasteiger partial charge is 0.355 e. The number of rotatable bonds is 8. The van der Waals surface area contributed by atoms with Crippen LogP contribution in [0.15, 0.2) is 29.2 Å². The van der Waals surface area contributed by atoms with Crippen molar-refractivity contribution in [3.63, 3.8) is 0 Å². The fourth-order valence-corrected chi connectivity index (χ4v) is 4.27. The van der Waals surface area contributed by atoms with E-state index in [1.54, 1.807) is 28.6 Å². The van der Waals surface area contributed by atoms with E-state index in [0.717, 1.165) is 31.4 Å². The molecule has 1 saturated heterocycles. The Morgan fingerprint density at radius 1 is 1.08 bits per heavy atom. The molecule has 1 fully saturated rings. The van der Waals surface area contributed by atoms with Gasteiger partial charge in [-0.1, -0.05) is 18.6 Å². The molecule has 2 rings (SSSR count). The number of carbonyl (C=O) groups is 1. The fraction of sp³-hybridized carbons (Fsp3) is 0.588. The van der Waals surface area contributed by atoms with Gasteiger partial charge in [0.2, 0.25) is 15.9 Å². The smallest absolute Gasteiger partial charge is 0.243 e. The molecule has 7 heteroatoms. The quantitative estimate of drug-likeness (QED) is 0.687. The summed E-state index contributed by atoms with van der Waals surface area (Å²) < 4.78 is 26.7. The van der Waals surface area contributed by atoms with Crippen LogP contribution < -0.4 is 10.6 Å². The first-order valence-electron chi connectivity index (χ1n) is 8.54. The van der Waals surface area contributed by atoms with Crippen molar-refractivity contribution < 1.29 is 13.2 Å². The molecule has 0 saturated carbocycles. The molecule has 134 valence electrons. The van der Waals surface area contributed by atoms with Crippen LogP contribution in [-0.4, -0.2) is 51.9 Å². The van der Waals surface area contributed by atoms with E-state index in [2.05, 4.69) is 10.6 Å². The van der Waals surface area contributed by atoms with Crippen LogP contribution in [0.1, 0.15) is 31.2 Å². The predicted octanol–water partition coefficient (Wildman–Crippen LogP) is 1.13. The highest BCUT2D eigenvalue weighted by Crippen LogP contribution is 2.21. The van der Waals surface area contributed by atoms with Gasteiger partial charge in [-0.2, -0.15) is 4.31 Å². The monoisotopic (exact) mass is 353 g/mol. The van der Waals surface area contributed by atoms with E-state index in [1.165, 1.54) is 0 Å². The Morgan fingerprint density at radius 3 is 2.38 bits per heavy atom. The van der Waals surface area contributed by atoms with Crippen LogP contribution in [0.25, 0.3) is 0 Å². The highest BCUT2D eigenvalue weighted by molar-refractivity contribution is 7.89. The summed E-state index contributed by atoms with van der Waals surface area (Å²) in [5, 5.41) is 5.80. The van der Waals surface area contributed by atoms with Crippen LogP contribution in [-0.2, 0) is 21.2 Å². The maximum atomic E-state index is 12.6. The van der Waals surface area contributed by atoms with Crippen molar-refractivity contribution in [2.75, 3.05) is 33.2 Å². The minimum atomic E-state index is -3.38. The lowest BCUT2D eigenvalue weighted by atomic mass is 10.1. The number of sulfonamides is 1. The van der Waals surface area contributed by atoms with Gasteiger partial charge < -0.3 is 10.6 Å². The minimum Gasteiger partial charge on any atom is -0.355 e. The van der Waals surface area contributed by atoms with Gasteiger partial charge in [-0.3, -0.25) is 4.79 Å². The lowest BCUT2D eigenvalue weighted by Gasteiger charge is -2.25. The molecule has 0 radical (unpaired) electrons. The van der Waals surface area contributed by atoms with Gasteiger partial charge in [-0.15, -0.1) is 0 Å². The zero-order chi connectivity index (χ0) is 17.4. The summed E-state index contributed by atoms with van der Waals surface area (Å²) in [5.41, 5.74) is 0.969. The first-order chi connectivity index (χ1) is 11.5. The number of aryl methyl sites for hydroxylation is 1. The Morgan fingerprint density at radius 2 is 1.75 bits per heavy atom. The molecular weight excluding hydrogens is 326 g/mol. The van der Waals surface area contributed by atoms with E-state index in [4.69, 9.17) is 0 Å². The number of benzene rings is 1. The highest BCUT2D eigenvalue weighted by Gasteiger charge is 2.25. The summed E-state index contributed by atoms with van der Waals surface area (Å²) >= 11 is 0. The first kappa shape index (κ1) is 18.9. The molecule has 1 aliphatic heterocycles. The molecule has 1 aromatic carbocycles. The molecule has 0 bridgehead atoms. The third-order valence-corrected chi connectivity index (χ3v) is 6.13. The third-order valence-electron chi connectivity index (χ3n) is 4.21. The molecule has 0 atom stereocenters. The van der Waals surface area contributed by atoms with Gasteiger partial charge in [0.05, 0.1) is 4.90 Å². The molecule has 1 amide bonds. The average Bonchev–Trinajstić information content (AvgIpc) is 2.61. The molecule has 6 nitrogen and oxygen atoms in total. The summed E-state index contributed by atoms with van der Waals surface area (Å²) in [7, 11) is -1.54. The summed E-state index contributed by atoms with van der Waals surface area (Å²) in [5.74, 6) is 0.00950. The fourth-order valence-electron chi connectivity index (χ4n) is 2.76. The molecule has 0 spiro atoms. The van der Waals surface area contributed by atoms with Gasteiger partial charge in [0.25, 0.3) is 0 Å². The molecule has 1 heterocycles. The second-order valence-corrected chi connectivity index (χ2v) is 8.00. The minimum absolute atomic E-state index is 0.00950. The number of piperidine rings is 1. The Balaban J connectivity index is 1.89. The van der Waals surface area contributed by atoms with E-state index in [9.17, 15) is 13.2 Å². The molecule has 24 heavy (non-hydrogen) atoms. The van der Waals surface area contributed by atoms with Crippen LogP contribution in [0.5, 0.6) is 0 Å². The Labute approximate surface area is 144 Å². The highest BCUT2D eigenvalue weighted by atomic mass is 32.2. The van der Waals surface area contributed by atoms with Crippen LogP contribution in [0.3, 0.4) is 0 Å². The van der Waals surface area contributed by atoms with Crippen molar-refractivity contribution in [2.45, 2.75) is 37.0 Å². The van der Waals surface area contributed by atoms with Crippen molar-refractivity contribution in [3.8, 4) is 0 Å². The van der Waals surface area contributed by atoms with Crippen molar-refractivity contribution in [1.82, 2.24) is 14.9 Å². The molecule has 1 aromatic rings. The van der Waals surface area contributed by atoms with Crippen molar-refractivity contribution >= 4 is 15.9 Å². The predicted molar refractivity (Wildman–Crippen MR) is 94.3 cm³/mol. The number of amides is 1. The van der Waals surface area contributed by atoms with Crippen molar-refractivity contribution in [1.29, 1.82) is 0 Å². The lowest BCUT2D eigenvalue weighted by Crippen LogP contribution is -2.35. The SMILES string of the molecule is CNCCNC(=O)CCc1ccc(S(=O)(=O)N2CCCCC2)cc1. The standard InChI is InChI=1S/C17H27N3O3S/c1-18-11-12-19-17(21)10-7-15-5-8-16(9-6-15)24(22,23)20-13-3-2-4-14-20/h5-6,8-9,18H,2-4,7,10-14H2,1H3,(H,19,21). The number of likely N-dealkylation sites (N-methyl/N-ethyl adjacent to an activating group) is 1.